The van der Waals surface area contributed by atoms with E-state index < -0.39 is 0 Å². The molecular formula is C15H17Cl2NO. The van der Waals surface area contributed by atoms with Crippen molar-refractivity contribution in [2.24, 2.45) is 0 Å². The minimum atomic E-state index is 0.0768. The topological polar surface area (TPSA) is 20.3 Å². The molecule has 2 rings (SSSR count). The van der Waals surface area contributed by atoms with Gasteiger partial charge in [-0.3, -0.25) is 4.79 Å². The van der Waals surface area contributed by atoms with E-state index in [-0.39, 0.29) is 5.91 Å². The first-order valence-electron chi connectivity index (χ1n) is 6.59. The number of likely N-dealkylation sites (tertiary alicyclic amines) is 1. The van der Waals surface area contributed by atoms with Gasteiger partial charge in [-0.2, -0.15) is 0 Å². The van der Waals surface area contributed by atoms with Crippen LogP contribution < -0.4 is 0 Å². The van der Waals surface area contributed by atoms with Gasteiger partial charge in [-0.1, -0.05) is 42.1 Å². The molecule has 0 aromatic heterocycles. The standard InChI is InChI=1S/C15H17Cl2NO/c16-13-7-5-12(11-14(13)17)6-8-15(19)18-9-3-1-2-4-10-18/h5-8,11H,1-4,9-10H2. The van der Waals surface area contributed by atoms with Gasteiger partial charge in [0.1, 0.15) is 0 Å². The SMILES string of the molecule is O=C(C=Cc1ccc(Cl)c(Cl)c1)N1CCCCCC1. The number of hydrogen-bond acceptors (Lipinski definition) is 1. The second kappa shape index (κ2) is 6.97. The first-order chi connectivity index (χ1) is 9.16. The molecule has 102 valence electrons. The molecule has 0 N–H and O–H groups in total. The highest BCUT2D eigenvalue weighted by Crippen LogP contribution is 2.23. The Bertz CT molecular complexity index is 477. The molecule has 0 saturated carbocycles. The van der Waals surface area contributed by atoms with Crippen molar-refractivity contribution < 1.29 is 4.79 Å². The highest BCUT2D eigenvalue weighted by molar-refractivity contribution is 6.42. The summed E-state index contributed by atoms with van der Waals surface area (Å²) in [6, 6.07) is 5.34. The Balaban J connectivity index is 2.00. The van der Waals surface area contributed by atoms with Gasteiger partial charge in [-0.05, 0) is 36.6 Å². The fraction of sp³-hybridized carbons (Fsp3) is 0.400. The van der Waals surface area contributed by atoms with Crippen LogP contribution >= 0.6 is 23.2 Å². The Morgan fingerprint density at radius 3 is 2.37 bits per heavy atom. The molecule has 0 aliphatic carbocycles. The number of amides is 1. The third-order valence-electron chi connectivity index (χ3n) is 3.28. The van der Waals surface area contributed by atoms with Gasteiger partial charge in [0.25, 0.3) is 0 Å². The van der Waals surface area contributed by atoms with E-state index in [0.717, 1.165) is 31.5 Å². The Morgan fingerprint density at radius 2 is 1.74 bits per heavy atom. The lowest BCUT2D eigenvalue weighted by atomic mass is 10.2. The van der Waals surface area contributed by atoms with Crippen LogP contribution in [0.1, 0.15) is 31.2 Å². The van der Waals surface area contributed by atoms with Crippen molar-refractivity contribution in [1.82, 2.24) is 4.90 Å². The van der Waals surface area contributed by atoms with Gasteiger partial charge in [0.2, 0.25) is 5.91 Å². The van der Waals surface area contributed by atoms with E-state index in [1.807, 2.05) is 11.0 Å². The number of carbonyl (C=O) groups excluding carboxylic acids is 1. The van der Waals surface area contributed by atoms with Gasteiger partial charge in [0.05, 0.1) is 10.0 Å². The molecule has 1 aromatic carbocycles. The first-order valence-corrected chi connectivity index (χ1v) is 7.34. The summed E-state index contributed by atoms with van der Waals surface area (Å²) >= 11 is 11.8. The molecule has 1 aromatic rings. The fourth-order valence-electron chi connectivity index (χ4n) is 2.18. The van der Waals surface area contributed by atoms with Crippen LogP contribution in [0.15, 0.2) is 24.3 Å². The molecule has 1 saturated heterocycles. The lowest BCUT2D eigenvalue weighted by Crippen LogP contribution is -2.30. The van der Waals surface area contributed by atoms with Crippen molar-refractivity contribution >= 4 is 35.2 Å². The second-order valence-electron chi connectivity index (χ2n) is 4.75. The van der Waals surface area contributed by atoms with Gasteiger partial charge >= 0.3 is 0 Å². The summed E-state index contributed by atoms with van der Waals surface area (Å²) in [5.74, 6) is 0.0768. The van der Waals surface area contributed by atoms with Gasteiger partial charge in [-0.15, -0.1) is 0 Å². The minimum Gasteiger partial charge on any atom is -0.339 e. The summed E-state index contributed by atoms with van der Waals surface area (Å²) in [4.78, 5) is 14.0. The first kappa shape index (κ1) is 14.4. The molecule has 19 heavy (non-hydrogen) atoms. The van der Waals surface area contributed by atoms with E-state index in [4.69, 9.17) is 23.2 Å². The van der Waals surface area contributed by atoms with E-state index in [1.54, 1.807) is 24.3 Å². The Hall–Kier alpha value is -0.990. The largest absolute Gasteiger partial charge is 0.339 e. The van der Waals surface area contributed by atoms with Crippen LogP contribution in [0.5, 0.6) is 0 Å². The number of halogens is 2. The lowest BCUT2D eigenvalue weighted by Gasteiger charge is -2.17. The van der Waals surface area contributed by atoms with Crippen LogP contribution in [0, 0.1) is 0 Å². The van der Waals surface area contributed by atoms with Crippen molar-refractivity contribution in [3.63, 3.8) is 0 Å². The van der Waals surface area contributed by atoms with Crippen LogP contribution in [0.3, 0.4) is 0 Å². The lowest BCUT2D eigenvalue weighted by molar-refractivity contribution is -0.125. The van der Waals surface area contributed by atoms with E-state index in [0.29, 0.717) is 10.0 Å². The maximum Gasteiger partial charge on any atom is 0.246 e. The van der Waals surface area contributed by atoms with Crippen LogP contribution in [-0.2, 0) is 4.79 Å². The molecule has 1 aliphatic heterocycles. The summed E-state index contributed by atoms with van der Waals surface area (Å²) in [6.45, 7) is 1.73. The third-order valence-corrected chi connectivity index (χ3v) is 4.02. The van der Waals surface area contributed by atoms with Crippen molar-refractivity contribution in [3.05, 3.63) is 39.9 Å². The van der Waals surface area contributed by atoms with Crippen LogP contribution in [0.4, 0.5) is 0 Å². The number of hydrogen-bond donors (Lipinski definition) is 0. The zero-order valence-corrected chi connectivity index (χ0v) is 12.3. The summed E-state index contributed by atoms with van der Waals surface area (Å²) in [7, 11) is 0. The highest BCUT2D eigenvalue weighted by atomic mass is 35.5. The average molecular weight is 298 g/mol. The van der Waals surface area contributed by atoms with E-state index in [1.165, 1.54) is 12.8 Å². The zero-order valence-electron chi connectivity index (χ0n) is 10.7. The van der Waals surface area contributed by atoms with Gasteiger partial charge in [0, 0.05) is 19.2 Å². The quantitative estimate of drug-likeness (QED) is 0.741. The summed E-state index contributed by atoms with van der Waals surface area (Å²) in [6.07, 6.45) is 8.06. The molecule has 1 amide bonds. The number of benzene rings is 1. The molecule has 1 aliphatic rings. The predicted molar refractivity (Wildman–Crippen MR) is 80.5 cm³/mol. The average Bonchev–Trinajstić information content (AvgIpc) is 2.69. The molecule has 4 heteroatoms. The summed E-state index contributed by atoms with van der Waals surface area (Å²) in [5, 5.41) is 1.03. The monoisotopic (exact) mass is 297 g/mol. The molecule has 1 heterocycles. The van der Waals surface area contributed by atoms with E-state index in [9.17, 15) is 4.79 Å². The second-order valence-corrected chi connectivity index (χ2v) is 5.56. The molecule has 0 radical (unpaired) electrons. The maximum absolute atomic E-state index is 12.1. The molecule has 1 fully saturated rings. The molecular weight excluding hydrogens is 281 g/mol. The number of nitrogens with zero attached hydrogens (tertiary/aromatic N) is 1. The summed E-state index contributed by atoms with van der Waals surface area (Å²) < 4.78 is 0. The minimum absolute atomic E-state index is 0.0768. The van der Waals surface area contributed by atoms with Crippen molar-refractivity contribution in [2.75, 3.05) is 13.1 Å². The highest BCUT2D eigenvalue weighted by Gasteiger charge is 2.12. The van der Waals surface area contributed by atoms with Gasteiger partial charge in [0.15, 0.2) is 0 Å². The summed E-state index contributed by atoms with van der Waals surface area (Å²) in [5.41, 5.74) is 0.887. The Kier molecular flexibility index (Phi) is 5.29. The van der Waals surface area contributed by atoms with Crippen LogP contribution in [0.25, 0.3) is 6.08 Å². The Labute approximate surface area is 124 Å². The smallest absolute Gasteiger partial charge is 0.246 e. The molecule has 0 unspecified atom stereocenters. The fourth-order valence-corrected chi connectivity index (χ4v) is 2.49. The van der Waals surface area contributed by atoms with E-state index in [2.05, 4.69) is 0 Å². The van der Waals surface area contributed by atoms with Gasteiger partial charge in [-0.25, -0.2) is 0 Å². The van der Waals surface area contributed by atoms with Crippen molar-refractivity contribution in [2.45, 2.75) is 25.7 Å². The zero-order chi connectivity index (χ0) is 13.7. The number of rotatable bonds is 2. The molecule has 0 spiro atoms. The van der Waals surface area contributed by atoms with Crippen molar-refractivity contribution in [3.8, 4) is 0 Å². The van der Waals surface area contributed by atoms with Crippen LogP contribution in [0.2, 0.25) is 10.0 Å². The normalized spacial score (nSPS) is 16.6. The van der Waals surface area contributed by atoms with E-state index >= 15 is 0 Å². The third kappa shape index (κ3) is 4.26. The molecule has 0 bridgehead atoms. The molecule has 2 nitrogen and oxygen atoms in total. The van der Waals surface area contributed by atoms with Crippen molar-refractivity contribution in [1.29, 1.82) is 0 Å². The number of carbonyl (C=O) groups is 1. The predicted octanol–water partition coefficient (Wildman–Crippen LogP) is 4.41. The Morgan fingerprint density at radius 1 is 1.05 bits per heavy atom. The molecule has 0 atom stereocenters. The van der Waals surface area contributed by atoms with Crippen LogP contribution in [-0.4, -0.2) is 23.9 Å². The maximum atomic E-state index is 12.1. The van der Waals surface area contributed by atoms with Gasteiger partial charge < -0.3 is 4.90 Å².